The number of alkyl halides is 4. The Morgan fingerprint density at radius 3 is 2.29 bits per heavy atom. The summed E-state index contributed by atoms with van der Waals surface area (Å²) < 4.78 is 42.7. The topological polar surface area (TPSA) is 9.23 Å². The van der Waals surface area contributed by atoms with E-state index < -0.39 is 12.3 Å². The van der Waals surface area contributed by atoms with E-state index in [2.05, 4.69) is 15.9 Å². The maximum Gasteiger partial charge on any atom is 0.414 e. The minimum Gasteiger partial charge on any atom is -0.365 e. The standard InChI is InChI=1S/C12H18BrF3O/c1-8(12(14,15)16)17-10-7-9(13)11(10)5-3-2-4-6-11/h8-10H,2-7H2,1H3. The number of halogens is 4. The van der Waals surface area contributed by atoms with Crippen molar-refractivity contribution < 1.29 is 17.9 Å². The van der Waals surface area contributed by atoms with Crippen molar-refractivity contribution in [2.24, 2.45) is 5.41 Å². The molecular formula is C12H18BrF3O. The predicted molar refractivity (Wildman–Crippen MR) is 63.2 cm³/mol. The number of ether oxygens (including phenoxy) is 1. The molecule has 0 saturated heterocycles. The lowest BCUT2D eigenvalue weighted by Gasteiger charge is -2.56. The van der Waals surface area contributed by atoms with E-state index in [1.54, 1.807) is 0 Å². The van der Waals surface area contributed by atoms with E-state index in [4.69, 9.17) is 4.74 Å². The van der Waals surface area contributed by atoms with Gasteiger partial charge < -0.3 is 4.74 Å². The summed E-state index contributed by atoms with van der Waals surface area (Å²) in [5.74, 6) is 0. The third-order valence-corrected chi connectivity index (χ3v) is 5.59. The van der Waals surface area contributed by atoms with Crippen LogP contribution in [0.2, 0.25) is 0 Å². The van der Waals surface area contributed by atoms with Crippen LogP contribution >= 0.6 is 15.9 Å². The lowest BCUT2D eigenvalue weighted by Crippen LogP contribution is -2.58. The Morgan fingerprint density at radius 1 is 1.24 bits per heavy atom. The molecule has 0 aliphatic heterocycles. The summed E-state index contributed by atoms with van der Waals surface area (Å²) >= 11 is 3.60. The minimum atomic E-state index is -4.24. The predicted octanol–water partition coefficient (Wildman–Crippen LogP) is 4.44. The fraction of sp³-hybridized carbons (Fsp3) is 1.00. The van der Waals surface area contributed by atoms with Crippen LogP contribution in [-0.4, -0.2) is 23.2 Å². The molecule has 2 rings (SSSR count). The Kier molecular flexibility index (Phi) is 3.79. The van der Waals surface area contributed by atoms with Crippen LogP contribution in [0.4, 0.5) is 13.2 Å². The van der Waals surface area contributed by atoms with Crippen molar-refractivity contribution in [3.63, 3.8) is 0 Å². The van der Waals surface area contributed by atoms with Crippen LogP contribution in [-0.2, 0) is 4.74 Å². The second-order valence-corrected chi connectivity index (χ2v) is 6.41. The highest BCUT2D eigenvalue weighted by Crippen LogP contribution is 2.57. The smallest absolute Gasteiger partial charge is 0.365 e. The first-order chi connectivity index (χ1) is 7.86. The summed E-state index contributed by atoms with van der Waals surface area (Å²) in [6.45, 7) is 1.11. The van der Waals surface area contributed by atoms with Gasteiger partial charge in [-0.25, -0.2) is 0 Å². The highest BCUT2D eigenvalue weighted by atomic mass is 79.9. The molecule has 0 heterocycles. The molecule has 1 spiro atoms. The average Bonchev–Trinajstić information content (AvgIpc) is 2.28. The largest absolute Gasteiger partial charge is 0.414 e. The molecule has 2 fully saturated rings. The lowest BCUT2D eigenvalue weighted by atomic mass is 9.58. The third-order valence-electron chi connectivity index (χ3n) is 4.30. The summed E-state index contributed by atoms with van der Waals surface area (Å²) in [5, 5.41) is 0. The molecule has 2 saturated carbocycles. The van der Waals surface area contributed by atoms with Crippen LogP contribution in [0.15, 0.2) is 0 Å². The highest BCUT2D eigenvalue weighted by Gasteiger charge is 2.56. The van der Waals surface area contributed by atoms with Gasteiger partial charge in [-0.15, -0.1) is 0 Å². The van der Waals surface area contributed by atoms with Gasteiger partial charge in [-0.2, -0.15) is 13.2 Å². The summed E-state index contributed by atoms with van der Waals surface area (Å²) in [7, 11) is 0. The van der Waals surface area contributed by atoms with Gasteiger partial charge in [0.25, 0.3) is 0 Å². The van der Waals surface area contributed by atoms with E-state index in [0.717, 1.165) is 32.6 Å². The second-order valence-electron chi connectivity index (χ2n) is 5.31. The Labute approximate surface area is 108 Å². The average molecular weight is 315 g/mol. The molecule has 3 atom stereocenters. The van der Waals surface area contributed by atoms with Crippen molar-refractivity contribution in [2.75, 3.05) is 0 Å². The summed E-state index contributed by atoms with van der Waals surface area (Å²) in [6.07, 6.45) is 0.0210. The van der Waals surface area contributed by atoms with Crippen LogP contribution in [0, 0.1) is 5.41 Å². The Hall–Kier alpha value is 0.230. The van der Waals surface area contributed by atoms with Crippen LogP contribution in [0.5, 0.6) is 0 Å². The van der Waals surface area contributed by atoms with Crippen molar-refractivity contribution in [3.05, 3.63) is 0 Å². The van der Waals surface area contributed by atoms with Crippen molar-refractivity contribution in [1.29, 1.82) is 0 Å². The zero-order valence-electron chi connectivity index (χ0n) is 9.89. The molecule has 0 radical (unpaired) electrons. The first kappa shape index (κ1) is 13.7. The second kappa shape index (κ2) is 4.72. The molecule has 5 heteroatoms. The normalized spacial score (nSPS) is 34.4. The van der Waals surface area contributed by atoms with E-state index in [9.17, 15) is 13.2 Å². The zero-order valence-corrected chi connectivity index (χ0v) is 11.5. The van der Waals surface area contributed by atoms with Crippen molar-refractivity contribution in [2.45, 2.75) is 68.7 Å². The summed E-state index contributed by atoms with van der Waals surface area (Å²) in [6, 6.07) is 0. The van der Waals surface area contributed by atoms with E-state index >= 15 is 0 Å². The molecule has 0 aromatic rings. The van der Waals surface area contributed by atoms with E-state index in [1.807, 2.05) is 0 Å². The van der Waals surface area contributed by atoms with Gasteiger partial charge in [0, 0.05) is 10.2 Å². The molecule has 1 nitrogen and oxygen atoms in total. The molecule has 0 bridgehead atoms. The van der Waals surface area contributed by atoms with Gasteiger partial charge in [0.1, 0.15) is 0 Å². The Morgan fingerprint density at radius 2 is 1.82 bits per heavy atom. The van der Waals surface area contributed by atoms with E-state index in [-0.39, 0.29) is 11.5 Å². The van der Waals surface area contributed by atoms with Gasteiger partial charge in [-0.1, -0.05) is 35.2 Å². The molecule has 100 valence electrons. The third kappa shape index (κ3) is 2.50. The molecule has 0 N–H and O–H groups in total. The monoisotopic (exact) mass is 314 g/mol. The van der Waals surface area contributed by atoms with Crippen molar-refractivity contribution >= 4 is 15.9 Å². The zero-order chi connectivity index (χ0) is 12.7. The number of hydrogen-bond acceptors (Lipinski definition) is 1. The molecule has 2 aliphatic carbocycles. The molecule has 3 unspecified atom stereocenters. The minimum absolute atomic E-state index is 0.0300. The Balaban J connectivity index is 1.98. The van der Waals surface area contributed by atoms with Crippen LogP contribution < -0.4 is 0 Å². The highest BCUT2D eigenvalue weighted by molar-refractivity contribution is 9.09. The SMILES string of the molecule is CC(OC1CC(Br)C12CCCCC2)C(F)(F)F. The number of rotatable bonds is 2. The van der Waals surface area contributed by atoms with Gasteiger partial charge in [-0.3, -0.25) is 0 Å². The van der Waals surface area contributed by atoms with Gasteiger partial charge >= 0.3 is 6.18 Å². The van der Waals surface area contributed by atoms with Gasteiger partial charge in [0.2, 0.25) is 0 Å². The van der Waals surface area contributed by atoms with E-state index in [1.165, 1.54) is 6.42 Å². The first-order valence-corrected chi connectivity index (χ1v) is 7.14. The molecule has 17 heavy (non-hydrogen) atoms. The fourth-order valence-electron chi connectivity index (χ4n) is 3.06. The maximum atomic E-state index is 12.5. The van der Waals surface area contributed by atoms with Crippen LogP contribution in [0.25, 0.3) is 0 Å². The van der Waals surface area contributed by atoms with Gasteiger partial charge in [-0.05, 0) is 26.2 Å². The quantitative estimate of drug-likeness (QED) is 0.685. The molecular weight excluding hydrogens is 297 g/mol. The van der Waals surface area contributed by atoms with E-state index in [0.29, 0.717) is 11.2 Å². The number of hydrogen-bond donors (Lipinski definition) is 0. The van der Waals surface area contributed by atoms with Gasteiger partial charge in [0.15, 0.2) is 6.10 Å². The van der Waals surface area contributed by atoms with Crippen LogP contribution in [0.1, 0.15) is 45.4 Å². The maximum absolute atomic E-state index is 12.5. The molecule has 2 aliphatic rings. The summed E-state index contributed by atoms with van der Waals surface area (Å²) in [4.78, 5) is 0.334. The molecule has 0 amide bonds. The Bertz CT molecular complexity index is 273. The lowest BCUT2D eigenvalue weighted by molar-refractivity contribution is -0.256. The summed E-state index contributed by atoms with van der Waals surface area (Å²) in [5.41, 5.74) is -0.0300. The first-order valence-electron chi connectivity index (χ1n) is 6.22. The molecule has 0 aromatic heterocycles. The molecule has 0 aromatic carbocycles. The van der Waals surface area contributed by atoms with Crippen molar-refractivity contribution in [3.8, 4) is 0 Å². The van der Waals surface area contributed by atoms with Gasteiger partial charge in [0.05, 0.1) is 6.10 Å². The van der Waals surface area contributed by atoms with Crippen molar-refractivity contribution in [1.82, 2.24) is 0 Å². The van der Waals surface area contributed by atoms with Crippen LogP contribution in [0.3, 0.4) is 0 Å². The fourth-order valence-corrected chi connectivity index (χ4v) is 4.15.